The summed E-state index contributed by atoms with van der Waals surface area (Å²) in [5.41, 5.74) is 2.69. The van der Waals surface area contributed by atoms with Crippen LogP contribution in [0.4, 0.5) is 0 Å². The van der Waals surface area contributed by atoms with E-state index in [0.29, 0.717) is 16.6 Å². The Hall–Kier alpha value is -1.35. The molecule has 1 aromatic carbocycles. The molecule has 2 aromatic rings. The maximum Gasteiger partial charge on any atom is 0.260 e. The lowest BCUT2D eigenvalue weighted by Gasteiger charge is -2.41. The monoisotopic (exact) mass is 301 g/mol. The first-order valence-electron chi connectivity index (χ1n) is 7.92. The second-order valence-corrected chi connectivity index (χ2v) is 12.1. The maximum absolute atomic E-state index is 6.62. The minimum atomic E-state index is -1.92. The first kappa shape index (κ1) is 16.0. The van der Waals surface area contributed by atoms with Gasteiger partial charge in [0.2, 0.25) is 0 Å². The molecule has 0 aliphatic carbocycles. The lowest BCUT2D eigenvalue weighted by atomic mass is 10.2. The summed E-state index contributed by atoms with van der Waals surface area (Å²) in [6, 6.07) is 12.3. The van der Waals surface area contributed by atoms with Crippen LogP contribution in [0, 0.1) is 0 Å². The minimum Gasteiger partial charge on any atom is -0.530 e. The molecule has 0 unspecified atom stereocenters. The Morgan fingerprint density at radius 2 is 1.38 bits per heavy atom. The highest BCUT2D eigenvalue weighted by atomic mass is 28.4. The van der Waals surface area contributed by atoms with Gasteiger partial charge in [0.25, 0.3) is 8.32 Å². The van der Waals surface area contributed by atoms with Crippen LogP contribution in [-0.4, -0.2) is 13.3 Å². The number of rotatable bonds is 5. The van der Waals surface area contributed by atoms with E-state index >= 15 is 0 Å². The lowest BCUT2D eigenvalue weighted by Crippen LogP contribution is -2.50. The van der Waals surface area contributed by atoms with Gasteiger partial charge in [0.05, 0.1) is 5.52 Å². The maximum atomic E-state index is 6.62. The first-order chi connectivity index (χ1) is 9.87. The van der Waals surface area contributed by atoms with Crippen molar-refractivity contribution in [3.8, 4) is 5.88 Å². The third-order valence-corrected chi connectivity index (χ3v) is 10.5. The van der Waals surface area contributed by atoms with Gasteiger partial charge in [0, 0.05) is 5.39 Å². The van der Waals surface area contributed by atoms with Crippen LogP contribution in [0.25, 0.3) is 10.9 Å². The molecule has 0 aliphatic rings. The van der Waals surface area contributed by atoms with Crippen LogP contribution in [0.5, 0.6) is 5.88 Å². The van der Waals surface area contributed by atoms with Gasteiger partial charge in [-0.05, 0) is 34.8 Å². The van der Waals surface area contributed by atoms with E-state index in [0.717, 1.165) is 16.8 Å². The van der Waals surface area contributed by atoms with E-state index < -0.39 is 8.32 Å². The van der Waals surface area contributed by atoms with Crippen LogP contribution in [0.3, 0.4) is 0 Å². The quantitative estimate of drug-likeness (QED) is 0.652. The van der Waals surface area contributed by atoms with E-state index in [4.69, 9.17) is 9.41 Å². The number of benzene rings is 1. The summed E-state index contributed by atoms with van der Waals surface area (Å²) in [6.45, 7) is 13.8. The van der Waals surface area contributed by atoms with Crippen molar-refractivity contribution in [2.24, 2.45) is 0 Å². The Bertz CT molecular complexity index is 585. The Morgan fingerprint density at radius 1 is 0.810 bits per heavy atom. The Kier molecular flexibility index (Phi) is 4.72. The number of pyridine rings is 1. The fourth-order valence-electron chi connectivity index (χ4n) is 3.64. The Balaban J connectivity index is 2.43. The lowest BCUT2D eigenvalue weighted by molar-refractivity contribution is 0.466. The van der Waals surface area contributed by atoms with Gasteiger partial charge in [-0.2, -0.15) is 0 Å². The predicted octanol–water partition coefficient (Wildman–Crippen LogP) is 5.79. The van der Waals surface area contributed by atoms with Gasteiger partial charge in [-0.15, -0.1) is 0 Å². The molecule has 0 amide bonds. The van der Waals surface area contributed by atoms with Crippen molar-refractivity contribution in [1.29, 1.82) is 0 Å². The highest BCUT2D eigenvalue weighted by molar-refractivity contribution is 6.78. The summed E-state index contributed by atoms with van der Waals surface area (Å²) in [6.07, 6.45) is 0. The van der Waals surface area contributed by atoms with Gasteiger partial charge >= 0.3 is 0 Å². The number of nitrogens with zero attached hydrogens (tertiary/aromatic N) is 1. The van der Waals surface area contributed by atoms with Gasteiger partial charge < -0.3 is 4.43 Å². The van der Waals surface area contributed by atoms with Crippen molar-refractivity contribution < 1.29 is 4.43 Å². The molecule has 114 valence electrons. The van der Waals surface area contributed by atoms with Crippen molar-refractivity contribution in [3.05, 3.63) is 36.4 Å². The first-order valence-corrected chi connectivity index (χ1v) is 10.1. The third-order valence-electron chi connectivity index (χ3n) is 4.56. The number of fused-ring (bicyclic) bond motifs is 1. The van der Waals surface area contributed by atoms with E-state index in [9.17, 15) is 0 Å². The molecule has 3 heteroatoms. The number of aromatic nitrogens is 1. The van der Waals surface area contributed by atoms with Gasteiger partial charge in [0.15, 0.2) is 5.88 Å². The molecule has 0 saturated carbocycles. The molecular weight excluding hydrogens is 274 g/mol. The normalized spacial score (nSPS) is 12.6. The van der Waals surface area contributed by atoms with Crippen LogP contribution in [0.2, 0.25) is 16.6 Å². The van der Waals surface area contributed by atoms with Crippen LogP contribution >= 0.6 is 0 Å². The number of hydrogen-bond donors (Lipinski definition) is 0. The minimum absolute atomic E-state index is 0.561. The average Bonchev–Trinajstić information content (AvgIpc) is 2.43. The molecule has 0 atom stereocenters. The molecule has 0 aliphatic heterocycles. The molecule has 21 heavy (non-hydrogen) atoms. The van der Waals surface area contributed by atoms with Gasteiger partial charge in [-0.1, -0.05) is 59.7 Å². The zero-order chi connectivity index (χ0) is 15.6. The molecule has 2 nitrogen and oxygen atoms in total. The summed E-state index contributed by atoms with van der Waals surface area (Å²) in [5.74, 6) is 0.788. The highest BCUT2D eigenvalue weighted by Gasteiger charge is 2.47. The van der Waals surface area contributed by atoms with Crippen molar-refractivity contribution in [3.63, 3.8) is 0 Å². The zero-order valence-corrected chi connectivity index (χ0v) is 15.1. The van der Waals surface area contributed by atoms with E-state index in [-0.39, 0.29) is 0 Å². The molecule has 1 aromatic heterocycles. The Morgan fingerprint density at radius 3 is 1.95 bits per heavy atom. The SMILES string of the molecule is CC(C)[Si](Oc1ccc2ccccc2n1)(C(C)C)C(C)C. The summed E-state index contributed by atoms with van der Waals surface area (Å²) in [7, 11) is -1.92. The second kappa shape index (κ2) is 6.18. The average molecular weight is 302 g/mol. The van der Waals surface area contributed by atoms with E-state index in [1.807, 2.05) is 24.3 Å². The van der Waals surface area contributed by atoms with Gasteiger partial charge in [-0.3, -0.25) is 0 Å². The van der Waals surface area contributed by atoms with E-state index in [2.05, 4.69) is 53.7 Å². The van der Waals surface area contributed by atoms with Crippen LogP contribution in [0.15, 0.2) is 36.4 Å². The smallest absolute Gasteiger partial charge is 0.260 e. The van der Waals surface area contributed by atoms with Crippen LogP contribution < -0.4 is 4.43 Å². The van der Waals surface area contributed by atoms with E-state index in [1.165, 1.54) is 0 Å². The molecule has 0 bridgehead atoms. The summed E-state index contributed by atoms with van der Waals surface area (Å²) in [5, 5.41) is 1.16. The van der Waals surface area contributed by atoms with Gasteiger partial charge in [-0.25, -0.2) is 4.98 Å². The van der Waals surface area contributed by atoms with Crippen molar-refractivity contribution >= 4 is 19.2 Å². The van der Waals surface area contributed by atoms with Crippen molar-refractivity contribution in [2.45, 2.75) is 58.2 Å². The largest absolute Gasteiger partial charge is 0.530 e. The second-order valence-electron chi connectivity index (χ2n) is 6.76. The summed E-state index contributed by atoms with van der Waals surface area (Å²) < 4.78 is 6.62. The standard InChI is InChI=1S/C18H27NOSi/c1-13(2)21(14(3)4,15(5)6)20-18-12-11-16-9-7-8-10-17(16)19-18/h7-15H,1-6H3. The fourth-order valence-corrected chi connectivity index (χ4v) is 8.82. The predicted molar refractivity (Wildman–Crippen MR) is 93.4 cm³/mol. The topological polar surface area (TPSA) is 22.1 Å². The molecular formula is C18H27NOSi. The fraction of sp³-hybridized carbons (Fsp3) is 0.500. The Labute approximate surface area is 129 Å². The van der Waals surface area contributed by atoms with Crippen LogP contribution in [-0.2, 0) is 0 Å². The number of hydrogen-bond acceptors (Lipinski definition) is 2. The van der Waals surface area contributed by atoms with Crippen molar-refractivity contribution in [1.82, 2.24) is 4.98 Å². The summed E-state index contributed by atoms with van der Waals surface area (Å²) in [4.78, 5) is 4.72. The van der Waals surface area contributed by atoms with Gasteiger partial charge in [0.1, 0.15) is 0 Å². The van der Waals surface area contributed by atoms with Crippen molar-refractivity contribution in [2.75, 3.05) is 0 Å². The zero-order valence-electron chi connectivity index (χ0n) is 14.1. The summed E-state index contributed by atoms with van der Waals surface area (Å²) >= 11 is 0. The third kappa shape index (κ3) is 2.98. The van der Waals surface area contributed by atoms with E-state index in [1.54, 1.807) is 0 Å². The molecule has 1 heterocycles. The molecule has 0 saturated heterocycles. The molecule has 2 rings (SSSR count). The molecule has 0 spiro atoms. The highest BCUT2D eigenvalue weighted by Crippen LogP contribution is 2.42. The number of para-hydroxylation sites is 1. The van der Waals surface area contributed by atoms with Crippen LogP contribution in [0.1, 0.15) is 41.5 Å². The molecule has 0 fully saturated rings. The molecule has 0 radical (unpaired) electrons. The molecule has 0 N–H and O–H groups in total.